The fraction of sp³-hybridized carbons (Fsp3) is 0.200. The van der Waals surface area contributed by atoms with Crippen molar-refractivity contribution in [3.63, 3.8) is 0 Å². The zero-order chi connectivity index (χ0) is 12.1. The summed E-state index contributed by atoms with van der Waals surface area (Å²) in [6.07, 6.45) is 1.83. The lowest BCUT2D eigenvalue weighted by Gasteiger charge is -2.09. The fourth-order valence-corrected chi connectivity index (χ4v) is 1.99. The molecule has 1 rings (SSSR count). The highest BCUT2D eigenvalue weighted by atomic mass is 79.9. The minimum absolute atomic E-state index is 0.428. The standard InChI is InChI=1S/C10H9Br2Cl2NO/c1-15-10-7(13)4-6(5-8(10)14)16-3-2-9(11)12/h2,4-5,15H,3H2,1H3. The minimum atomic E-state index is 0.428. The second kappa shape index (κ2) is 6.74. The summed E-state index contributed by atoms with van der Waals surface area (Å²) in [5.41, 5.74) is 0.702. The van der Waals surface area contributed by atoms with Gasteiger partial charge in [-0.05, 0) is 37.9 Å². The number of anilines is 1. The predicted molar refractivity (Wildman–Crippen MR) is 77.4 cm³/mol. The van der Waals surface area contributed by atoms with E-state index in [4.69, 9.17) is 27.9 Å². The van der Waals surface area contributed by atoms with Crippen LogP contribution in [0, 0.1) is 0 Å². The smallest absolute Gasteiger partial charge is 0.122 e. The van der Waals surface area contributed by atoms with Gasteiger partial charge in [-0.3, -0.25) is 0 Å². The number of halogens is 4. The third kappa shape index (κ3) is 4.17. The number of ether oxygens (including phenoxy) is 1. The summed E-state index contributed by atoms with van der Waals surface area (Å²) in [5, 5.41) is 3.99. The van der Waals surface area contributed by atoms with Crippen LogP contribution in [0.25, 0.3) is 0 Å². The van der Waals surface area contributed by atoms with E-state index in [2.05, 4.69) is 37.2 Å². The van der Waals surface area contributed by atoms with Crippen molar-refractivity contribution >= 4 is 60.7 Å². The van der Waals surface area contributed by atoms with Gasteiger partial charge in [-0.15, -0.1) is 0 Å². The van der Waals surface area contributed by atoms with Gasteiger partial charge in [0.1, 0.15) is 12.4 Å². The largest absolute Gasteiger partial charge is 0.489 e. The second-order valence-electron chi connectivity index (χ2n) is 2.82. The van der Waals surface area contributed by atoms with Crippen LogP contribution in [0.1, 0.15) is 0 Å². The minimum Gasteiger partial charge on any atom is -0.489 e. The third-order valence-electron chi connectivity index (χ3n) is 1.75. The Balaban J connectivity index is 2.80. The summed E-state index contributed by atoms with van der Waals surface area (Å²) in [7, 11) is 1.76. The maximum absolute atomic E-state index is 6.02. The van der Waals surface area contributed by atoms with Crippen molar-refractivity contribution in [2.75, 3.05) is 19.0 Å². The van der Waals surface area contributed by atoms with E-state index in [1.807, 2.05) is 6.08 Å². The highest BCUT2D eigenvalue weighted by molar-refractivity contribution is 9.28. The molecule has 1 aromatic rings. The van der Waals surface area contributed by atoms with Gasteiger partial charge >= 0.3 is 0 Å². The third-order valence-corrected chi connectivity index (χ3v) is 3.00. The van der Waals surface area contributed by atoms with Crippen molar-refractivity contribution in [2.45, 2.75) is 0 Å². The summed E-state index contributed by atoms with van der Waals surface area (Å²) >= 11 is 18.5. The molecule has 0 amide bonds. The molecule has 16 heavy (non-hydrogen) atoms. The molecule has 0 aliphatic heterocycles. The van der Waals surface area contributed by atoms with Crippen molar-refractivity contribution in [3.05, 3.63) is 31.6 Å². The molecular formula is C10H9Br2Cl2NO. The monoisotopic (exact) mass is 387 g/mol. The van der Waals surface area contributed by atoms with E-state index >= 15 is 0 Å². The van der Waals surface area contributed by atoms with E-state index in [9.17, 15) is 0 Å². The molecule has 2 nitrogen and oxygen atoms in total. The molecule has 0 atom stereocenters. The highest BCUT2D eigenvalue weighted by Crippen LogP contribution is 2.34. The van der Waals surface area contributed by atoms with Crippen molar-refractivity contribution < 1.29 is 4.74 Å². The van der Waals surface area contributed by atoms with Crippen LogP contribution in [0.5, 0.6) is 5.75 Å². The van der Waals surface area contributed by atoms with Gasteiger partial charge in [-0.2, -0.15) is 0 Å². The number of hydrogen-bond acceptors (Lipinski definition) is 2. The molecule has 0 bridgehead atoms. The lowest BCUT2D eigenvalue weighted by Crippen LogP contribution is -1.96. The number of hydrogen-bond donors (Lipinski definition) is 1. The van der Waals surface area contributed by atoms with E-state index in [1.54, 1.807) is 19.2 Å². The second-order valence-corrected chi connectivity index (χ2v) is 6.40. The molecule has 0 fully saturated rings. The van der Waals surface area contributed by atoms with Crippen molar-refractivity contribution in [1.29, 1.82) is 0 Å². The molecule has 1 N–H and O–H groups in total. The van der Waals surface area contributed by atoms with Gasteiger partial charge in [-0.1, -0.05) is 23.2 Å². The summed E-state index contributed by atoms with van der Waals surface area (Å²) < 4.78 is 6.28. The molecule has 1 aromatic carbocycles. The quantitative estimate of drug-likeness (QED) is 0.778. The van der Waals surface area contributed by atoms with Gasteiger partial charge in [0.25, 0.3) is 0 Å². The molecule has 0 aliphatic rings. The van der Waals surface area contributed by atoms with Crippen LogP contribution in [0.3, 0.4) is 0 Å². The van der Waals surface area contributed by atoms with Crippen LogP contribution in [-0.2, 0) is 0 Å². The molecule has 0 radical (unpaired) electrons. The zero-order valence-electron chi connectivity index (χ0n) is 8.36. The van der Waals surface area contributed by atoms with Crippen molar-refractivity contribution in [2.24, 2.45) is 0 Å². The Morgan fingerprint density at radius 3 is 2.38 bits per heavy atom. The molecule has 0 saturated carbocycles. The first-order chi connectivity index (χ1) is 7.54. The van der Waals surface area contributed by atoms with E-state index < -0.39 is 0 Å². The van der Waals surface area contributed by atoms with Gasteiger partial charge < -0.3 is 10.1 Å². The predicted octanol–water partition coefficient (Wildman–Crippen LogP) is 5.05. The van der Waals surface area contributed by atoms with Crippen LogP contribution in [0.4, 0.5) is 5.69 Å². The topological polar surface area (TPSA) is 21.3 Å². The Morgan fingerprint density at radius 1 is 1.38 bits per heavy atom. The van der Waals surface area contributed by atoms with Crippen LogP contribution in [0.15, 0.2) is 21.6 Å². The maximum Gasteiger partial charge on any atom is 0.122 e. The molecule has 0 spiro atoms. The van der Waals surface area contributed by atoms with Crippen LogP contribution >= 0.6 is 55.1 Å². The molecule has 0 unspecified atom stereocenters. The molecule has 6 heteroatoms. The highest BCUT2D eigenvalue weighted by Gasteiger charge is 2.06. The first-order valence-electron chi connectivity index (χ1n) is 4.35. The van der Waals surface area contributed by atoms with E-state index in [-0.39, 0.29) is 0 Å². The fourth-order valence-electron chi connectivity index (χ4n) is 1.07. The van der Waals surface area contributed by atoms with E-state index in [1.165, 1.54) is 0 Å². The normalized spacial score (nSPS) is 9.81. The lowest BCUT2D eigenvalue weighted by atomic mass is 10.3. The SMILES string of the molecule is CNc1c(Cl)cc(OCC=C(Br)Br)cc1Cl. The van der Waals surface area contributed by atoms with Crippen molar-refractivity contribution in [1.82, 2.24) is 0 Å². The number of rotatable bonds is 4. The van der Waals surface area contributed by atoms with Crippen molar-refractivity contribution in [3.8, 4) is 5.75 Å². The molecule has 0 saturated heterocycles. The first-order valence-corrected chi connectivity index (χ1v) is 6.69. The summed E-state index contributed by atoms with van der Waals surface area (Å²) in [6.45, 7) is 0.428. The van der Waals surface area contributed by atoms with Gasteiger partial charge in [0.15, 0.2) is 0 Å². The van der Waals surface area contributed by atoms with Crippen LogP contribution < -0.4 is 10.1 Å². The van der Waals surface area contributed by atoms with Gasteiger partial charge in [0, 0.05) is 19.2 Å². The Morgan fingerprint density at radius 2 is 1.94 bits per heavy atom. The van der Waals surface area contributed by atoms with Gasteiger partial charge in [0.05, 0.1) is 19.1 Å². The van der Waals surface area contributed by atoms with E-state index in [0.717, 1.165) is 3.39 Å². The summed E-state index contributed by atoms with van der Waals surface area (Å²) in [6, 6.07) is 3.44. The average Bonchev–Trinajstić information content (AvgIpc) is 2.16. The number of benzene rings is 1. The van der Waals surface area contributed by atoms with Crippen LogP contribution in [0.2, 0.25) is 10.0 Å². The molecule has 0 aliphatic carbocycles. The maximum atomic E-state index is 6.02. The Kier molecular flexibility index (Phi) is 5.97. The number of nitrogens with one attached hydrogen (secondary N) is 1. The Labute approximate surface area is 121 Å². The average molecular weight is 390 g/mol. The molecular weight excluding hydrogens is 381 g/mol. The van der Waals surface area contributed by atoms with Gasteiger partial charge in [-0.25, -0.2) is 0 Å². The molecule has 0 aromatic heterocycles. The first kappa shape index (κ1) is 14.2. The summed E-state index contributed by atoms with van der Waals surface area (Å²) in [5.74, 6) is 0.631. The van der Waals surface area contributed by atoms with E-state index in [0.29, 0.717) is 28.1 Å². The Hall–Kier alpha value is 0.1000. The Bertz CT molecular complexity index is 383. The lowest BCUT2D eigenvalue weighted by molar-refractivity contribution is 0.363. The molecule has 88 valence electrons. The van der Waals surface area contributed by atoms with Gasteiger partial charge in [0.2, 0.25) is 0 Å². The molecule has 0 heterocycles. The van der Waals surface area contributed by atoms with Crippen LogP contribution in [-0.4, -0.2) is 13.7 Å². The zero-order valence-corrected chi connectivity index (χ0v) is 13.0. The summed E-state index contributed by atoms with van der Waals surface area (Å²) in [4.78, 5) is 0.